The predicted molar refractivity (Wildman–Crippen MR) is 119 cm³/mol. The zero-order valence-electron chi connectivity index (χ0n) is 17.4. The maximum Gasteiger partial charge on any atom is 0.274 e. The lowest BCUT2D eigenvalue weighted by Crippen LogP contribution is -2.39. The number of carbonyl (C=O) groups excluding carboxylic acids is 1. The van der Waals surface area contributed by atoms with E-state index in [1.54, 1.807) is 0 Å². The van der Waals surface area contributed by atoms with E-state index < -0.39 is 0 Å². The van der Waals surface area contributed by atoms with Gasteiger partial charge in [0.15, 0.2) is 5.69 Å². The number of benzene rings is 1. The fourth-order valence-electron chi connectivity index (χ4n) is 4.79. The van der Waals surface area contributed by atoms with Gasteiger partial charge in [-0.2, -0.15) is 0 Å². The highest BCUT2D eigenvalue weighted by Gasteiger charge is 2.29. The van der Waals surface area contributed by atoms with Crippen LogP contribution in [0.2, 0.25) is 5.02 Å². The van der Waals surface area contributed by atoms with Crippen molar-refractivity contribution < 1.29 is 4.79 Å². The van der Waals surface area contributed by atoms with Crippen molar-refractivity contribution in [2.45, 2.75) is 51.7 Å². The van der Waals surface area contributed by atoms with Gasteiger partial charge in [0.05, 0.1) is 10.7 Å². The van der Waals surface area contributed by atoms with Crippen molar-refractivity contribution in [3.8, 4) is 0 Å². The number of likely N-dealkylation sites (tertiary alicyclic amines) is 1. The third-order valence-corrected chi connectivity index (χ3v) is 6.82. The molecule has 1 amide bonds. The van der Waals surface area contributed by atoms with Crippen LogP contribution in [0.5, 0.6) is 0 Å². The van der Waals surface area contributed by atoms with Gasteiger partial charge in [0, 0.05) is 31.9 Å². The quantitative estimate of drug-likeness (QED) is 0.621. The first-order chi connectivity index (χ1) is 14.6. The standard InChI is InChI=1S/C24H27ClN4O/c1-17-6-4-5-12-27(17)16-21-23(26-22-10-9-20(25)15-29(21)22)24(30)28-13-11-18-7-2-3-8-19(18)14-28/h2-3,7-10,15,17H,4-6,11-14,16H2,1H3/t17-/m1/s1. The maximum absolute atomic E-state index is 13.6. The number of fused-ring (bicyclic) bond motifs is 2. The number of halogens is 1. The number of piperidine rings is 1. The van der Waals surface area contributed by atoms with Gasteiger partial charge in [-0.3, -0.25) is 9.69 Å². The molecule has 0 radical (unpaired) electrons. The van der Waals surface area contributed by atoms with Crippen LogP contribution in [0.1, 0.15) is 53.5 Å². The summed E-state index contributed by atoms with van der Waals surface area (Å²) in [6.45, 7) is 5.42. The van der Waals surface area contributed by atoms with E-state index in [1.165, 1.54) is 30.4 Å². The number of rotatable bonds is 3. The molecule has 2 aliphatic rings. The molecule has 5 nitrogen and oxygen atoms in total. The third-order valence-electron chi connectivity index (χ3n) is 6.60. The molecule has 5 rings (SSSR count). The van der Waals surface area contributed by atoms with Crippen molar-refractivity contribution in [1.82, 2.24) is 19.2 Å². The molecule has 0 N–H and O–H groups in total. The minimum atomic E-state index is 0.0176. The number of aromatic nitrogens is 2. The Morgan fingerprint density at radius 1 is 1.13 bits per heavy atom. The van der Waals surface area contributed by atoms with Gasteiger partial charge in [0.1, 0.15) is 5.65 Å². The highest BCUT2D eigenvalue weighted by atomic mass is 35.5. The summed E-state index contributed by atoms with van der Waals surface area (Å²) < 4.78 is 2.01. The fraction of sp³-hybridized carbons (Fsp3) is 0.417. The van der Waals surface area contributed by atoms with Crippen LogP contribution in [0, 0.1) is 0 Å². The van der Waals surface area contributed by atoms with Crippen molar-refractivity contribution in [3.05, 3.63) is 70.1 Å². The van der Waals surface area contributed by atoms with Gasteiger partial charge in [-0.25, -0.2) is 4.98 Å². The summed E-state index contributed by atoms with van der Waals surface area (Å²) in [7, 11) is 0. The van der Waals surface area contributed by atoms with E-state index >= 15 is 0 Å². The number of imidazole rings is 1. The molecule has 1 fully saturated rings. The molecule has 4 heterocycles. The second kappa shape index (κ2) is 8.05. The summed E-state index contributed by atoms with van der Waals surface area (Å²) in [5.74, 6) is 0.0176. The van der Waals surface area contributed by atoms with E-state index in [4.69, 9.17) is 16.6 Å². The molecule has 30 heavy (non-hydrogen) atoms. The predicted octanol–water partition coefficient (Wildman–Crippen LogP) is 4.56. The minimum Gasteiger partial charge on any atom is -0.333 e. The maximum atomic E-state index is 13.6. The molecule has 3 aromatic rings. The first kappa shape index (κ1) is 19.6. The van der Waals surface area contributed by atoms with E-state index in [0.29, 0.717) is 29.8 Å². The summed E-state index contributed by atoms with van der Waals surface area (Å²) in [6.07, 6.45) is 6.45. The Labute approximate surface area is 182 Å². The van der Waals surface area contributed by atoms with E-state index in [1.807, 2.05) is 33.7 Å². The SMILES string of the molecule is C[C@@H]1CCCCN1Cc1c(C(=O)N2CCc3ccccc3C2)nc2ccc(Cl)cn12. The molecule has 1 aromatic carbocycles. The van der Waals surface area contributed by atoms with Crippen molar-refractivity contribution >= 4 is 23.2 Å². The van der Waals surface area contributed by atoms with Crippen LogP contribution < -0.4 is 0 Å². The van der Waals surface area contributed by atoms with E-state index in [2.05, 4.69) is 30.0 Å². The normalized spacial score (nSPS) is 19.8. The van der Waals surface area contributed by atoms with Crippen LogP contribution in [0.3, 0.4) is 0 Å². The van der Waals surface area contributed by atoms with Gasteiger partial charge in [-0.1, -0.05) is 42.3 Å². The molecule has 1 saturated heterocycles. The first-order valence-electron chi connectivity index (χ1n) is 10.9. The van der Waals surface area contributed by atoms with E-state index in [9.17, 15) is 4.79 Å². The lowest BCUT2D eigenvalue weighted by Gasteiger charge is -2.33. The minimum absolute atomic E-state index is 0.0176. The number of carbonyl (C=O) groups is 1. The Bertz CT molecular complexity index is 1090. The van der Waals surface area contributed by atoms with Crippen LogP contribution in [-0.2, 0) is 19.5 Å². The highest BCUT2D eigenvalue weighted by Crippen LogP contribution is 2.26. The van der Waals surface area contributed by atoms with Crippen molar-refractivity contribution in [3.63, 3.8) is 0 Å². The smallest absolute Gasteiger partial charge is 0.274 e. The van der Waals surface area contributed by atoms with Crippen LogP contribution in [0.4, 0.5) is 0 Å². The summed E-state index contributed by atoms with van der Waals surface area (Å²) in [5, 5.41) is 0.652. The van der Waals surface area contributed by atoms with Gasteiger partial charge in [0.2, 0.25) is 0 Å². The Kier molecular flexibility index (Phi) is 5.25. The van der Waals surface area contributed by atoms with Crippen LogP contribution in [0.15, 0.2) is 42.6 Å². The van der Waals surface area contributed by atoms with Gasteiger partial charge < -0.3 is 9.30 Å². The molecule has 0 bridgehead atoms. The molecular weight excluding hydrogens is 396 g/mol. The largest absolute Gasteiger partial charge is 0.333 e. The van der Waals surface area contributed by atoms with Gasteiger partial charge in [-0.15, -0.1) is 0 Å². The molecule has 0 spiro atoms. The fourth-order valence-corrected chi connectivity index (χ4v) is 4.95. The number of nitrogens with zero attached hydrogens (tertiary/aromatic N) is 4. The molecule has 6 heteroatoms. The van der Waals surface area contributed by atoms with Crippen molar-refractivity contribution in [2.24, 2.45) is 0 Å². The molecule has 2 aromatic heterocycles. The summed E-state index contributed by atoms with van der Waals surface area (Å²) in [6, 6.07) is 12.6. The average molecular weight is 423 g/mol. The summed E-state index contributed by atoms with van der Waals surface area (Å²) in [4.78, 5) is 22.8. The summed E-state index contributed by atoms with van der Waals surface area (Å²) in [5.41, 5.74) is 4.86. The van der Waals surface area contributed by atoms with Crippen molar-refractivity contribution in [1.29, 1.82) is 0 Å². The second-order valence-corrected chi connectivity index (χ2v) is 8.98. The second-order valence-electron chi connectivity index (χ2n) is 8.54. The number of pyridine rings is 1. The number of hydrogen-bond donors (Lipinski definition) is 0. The molecule has 156 valence electrons. The number of amides is 1. The van der Waals surface area contributed by atoms with Gasteiger partial charge in [0.25, 0.3) is 5.91 Å². The zero-order valence-corrected chi connectivity index (χ0v) is 18.1. The van der Waals surface area contributed by atoms with E-state index in [-0.39, 0.29) is 5.91 Å². The third kappa shape index (κ3) is 3.61. The highest BCUT2D eigenvalue weighted by molar-refractivity contribution is 6.30. The Morgan fingerprint density at radius 2 is 1.97 bits per heavy atom. The number of hydrogen-bond acceptors (Lipinski definition) is 3. The molecule has 0 unspecified atom stereocenters. The molecular formula is C24H27ClN4O. The lowest BCUT2D eigenvalue weighted by atomic mass is 9.99. The van der Waals surface area contributed by atoms with Gasteiger partial charge in [-0.05, 0) is 56.0 Å². The van der Waals surface area contributed by atoms with Crippen LogP contribution in [-0.4, -0.2) is 44.2 Å². The summed E-state index contributed by atoms with van der Waals surface area (Å²) >= 11 is 6.30. The molecule has 2 aliphatic heterocycles. The molecule has 0 saturated carbocycles. The van der Waals surface area contributed by atoms with Gasteiger partial charge >= 0.3 is 0 Å². The Balaban J connectivity index is 1.51. The first-order valence-corrected chi connectivity index (χ1v) is 11.2. The Hall–Kier alpha value is -2.37. The van der Waals surface area contributed by atoms with Crippen molar-refractivity contribution in [2.75, 3.05) is 13.1 Å². The molecule has 1 atom stereocenters. The van der Waals surface area contributed by atoms with Crippen LogP contribution in [0.25, 0.3) is 5.65 Å². The monoisotopic (exact) mass is 422 g/mol. The topological polar surface area (TPSA) is 40.9 Å². The van der Waals surface area contributed by atoms with Crippen LogP contribution >= 0.6 is 11.6 Å². The average Bonchev–Trinajstić information content (AvgIpc) is 3.12. The zero-order chi connectivity index (χ0) is 20.7. The molecule has 0 aliphatic carbocycles. The Morgan fingerprint density at radius 3 is 2.80 bits per heavy atom. The lowest BCUT2D eigenvalue weighted by molar-refractivity contribution is 0.0724. The van der Waals surface area contributed by atoms with E-state index in [0.717, 1.165) is 30.9 Å².